The largest absolute Gasteiger partial charge is 0.479 e. The SMILES string of the molecule is COc1nc(CCc2nc3n(n2)CCC[C@@H]3c2ccccc2CF)ccc1-n1cnc(C)c1. The molecule has 8 heteroatoms. The van der Waals surface area contributed by atoms with E-state index < -0.39 is 6.67 Å². The molecule has 0 unspecified atom stereocenters. The van der Waals surface area contributed by atoms with Crippen LogP contribution in [0.4, 0.5) is 4.39 Å². The molecule has 5 rings (SSSR count). The Morgan fingerprint density at radius 3 is 2.79 bits per heavy atom. The number of halogens is 1. The maximum Gasteiger partial charge on any atom is 0.238 e. The fourth-order valence-electron chi connectivity index (χ4n) is 4.55. The minimum atomic E-state index is -0.462. The van der Waals surface area contributed by atoms with Crippen LogP contribution in [0.2, 0.25) is 0 Å². The van der Waals surface area contributed by atoms with Crippen LogP contribution >= 0.6 is 0 Å². The molecule has 0 radical (unpaired) electrons. The van der Waals surface area contributed by atoms with Gasteiger partial charge in [-0.15, -0.1) is 0 Å². The summed E-state index contributed by atoms with van der Waals surface area (Å²) in [5.74, 6) is 2.38. The molecule has 1 aliphatic rings. The molecule has 4 aromatic rings. The van der Waals surface area contributed by atoms with E-state index in [0.717, 1.165) is 59.2 Å². The van der Waals surface area contributed by atoms with Gasteiger partial charge < -0.3 is 9.30 Å². The van der Waals surface area contributed by atoms with Gasteiger partial charge in [0.05, 0.1) is 19.1 Å². The van der Waals surface area contributed by atoms with Crippen LogP contribution in [-0.2, 0) is 26.1 Å². The zero-order valence-electron chi connectivity index (χ0n) is 18.9. The van der Waals surface area contributed by atoms with Crippen molar-refractivity contribution < 1.29 is 9.13 Å². The molecule has 1 aliphatic heterocycles. The van der Waals surface area contributed by atoms with Crippen LogP contribution in [0.1, 0.15) is 52.9 Å². The van der Waals surface area contributed by atoms with Crippen LogP contribution in [0.5, 0.6) is 5.88 Å². The van der Waals surface area contributed by atoms with E-state index >= 15 is 0 Å². The molecule has 1 aromatic carbocycles. The van der Waals surface area contributed by atoms with Gasteiger partial charge in [-0.2, -0.15) is 5.10 Å². The summed E-state index contributed by atoms with van der Waals surface area (Å²) in [6.45, 7) is 2.33. The number of pyridine rings is 1. The number of methoxy groups -OCH3 is 1. The number of alkyl halides is 1. The van der Waals surface area contributed by atoms with Crippen molar-refractivity contribution in [3.8, 4) is 11.6 Å². The molecule has 0 aliphatic carbocycles. The van der Waals surface area contributed by atoms with Crippen molar-refractivity contribution in [1.82, 2.24) is 29.3 Å². The molecule has 0 saturated heterocycles. The molecular weight excluding hydrogens is 419 g/mol. The highest BCUT2D eigenvalue weighted by molar-refractivity contribution is 5.43. The molecule has 0 N–H and O–H groups in total. The van der Waals surface area contributed by atoms with Crippen molar-refractivity contribution in [3.63, 3.8) is 0 Å². The van der Waals surface area contributed by atoms with E-state index in [1.54, 1.807) is 13.4 Å². The van der Waals surface area contributed by atoms with Crippen molar-refractivity contribution in [2.75, 3.05) is 7.11 Å². The van der Waals surface area contributed by atoms with E-state index in [1.165, 1.54) is 0 Å². The number of imidazole rings is 1. The van der Waals surface area contributed by atoms with E-state index in [4.69, 9.17) is 14.8 Å². The van der Waals surface area contributed by atoms with Gasteiger partial charge >= 0.3 is 0 Å². The average molecular weight is 447 g/mol. The Morgan fingerprint density at radius 1 is 1.12 bits per heavy atom. The second-order valence-electron chi connectivity index (χ2n) is 8.39. The van der Waals surface area contributed by atoms with Gasteiger partial charge in [-0.25, -0.2) is 24.0 Å². The summed E-state index contributed by atoms with van der Waals surface area (Å²) in [5, 5.41) is 4.75. The number of fused-ring (bicyclic) bond motifs is 1. The van der Waals surface area contributed by atoms with Gasteiger partial charge in [0, 0.05) is 30.8 Å². The number of aryl methyl sites for hydroxylation is 4. The molecule has 3 aromatic heterocycles. The summed E-state index contributed by atoms with van der Waals surface area (Å²) in [7, 11) is 1.62. The van der Waals surface area contributed by atoms with Crippen molar-refractivity contribution in [3.05, 3.63) is 83.1 Å². The number of hydrogen-bond acceptors (Lipinski definition) is 5. The minimum Gasteiger partial charge on any atom is -0.479 e. The van der Waals surface area contributed by atoms with Crippen LogP contribution in [0.15, 0.2) is 48.9 Å². The Labute approximate surface area is 192 Å². The van der Waals surface area contributed by atoms with Gasteiger partial charge in [0.2, 0.25) is 5.88 Å². The van der Waals surface area contributed by atoms with Crippen LogP contribution in [-0.4, -0.2) is 36.4 Å². The number of aromatic nitrogens is 6. The van der Waals surface area contributed by atoms with Crippen LogP contribution in [0.3, 0.4) is 0 Å². The number of benzene rings is 1. The molecule has 1 atom stereocenters. The number of ether oxygens (including phenoxy) is 1. The lowest BCUT2D eigenvalue weighted by Crippen LogP contribution is -2.18. The maximum absolute atomic E-state index is 13.6. The number of hydrogen-bond donors (Lipinski definition) is 0. The van der Waals surface area contributed by atoms with E-state index in [0.29, 0.717) is 18.7 Å². The lowest BCUT2D eigenvalue weighted by atomic mass is 9.88. The van der Waals surface area contributed by atoms with Crippen LogP contribution in [0, 0.1) is 6.92 Å². The van der Waals surface area contributed by atoms with Gasteiger partial charge in [-0.05, 0) is 49.4 Å². The van der Waals surface area contributed by atoms with Gasteiger partial charge in [0.1, 0.15) is 18.2 Å². The summed E-state index contributed by atoms with van der Waals surface area (Å²) in [6, 6.07) is 11.7. The fraction of sp³-hybridized carbons (Fsp3) is 0.360. The molecule has 0 amide bonds. The average Bonchev–Trinajstić information content (AvgIpc) is 3.48. The molecule has 7 nitrogen and oxygen atoms in total. The Morgan fingerprint density at radius 2 is 2.00 bits per heavy atom. The zero-order chi connectivity index (χ0) is 22.8. The first-order valence-electron chi connectivity index (χ1n) is 11.3. The molecular formula is C25H27FN6O. The summed E-state index contributed by atoms with van der Waals surface area (Å²) in [5.41, 5.74) is 4.47. The third-order valence-electron chi connectivity index (χ3n) is 6.18. The quantitative estimate of drug-likeness (QED) is 0.422. The fourth-order valence-corrected chi connectivity index (χ4v) is 4.55. The van der Waals surface area contributed by atoms with E-state index in [-0.39, 0.29) is 5.92 Å². The van der Waals surface area contributed by atoms with E-state index in [9.17, 15) is 4.39 Å². The summed E-state index contributed by atoms with van der Waals surface area (Å²) < 4.78 is 23.0. The van der Waals surface area contributed by atoms with E-state index in [2.05, 4.69) is 9.97 Å². The molecule has 0 saturated carbocycles. The van der Waals surface area contributed by atoms with Gasteiger partial charge in [0.15, 0.2) is 5.82 Å². The summed E-state index contributed by atoms with van der Waals surface area (Å²) in [6.07, 6.45) is 7.05. The smallest absolute Gasteiger partial charge is 0.238 e. The van der Waals surface area contributed by atoms with Crippen molar-refractivity contribution >= 4 is 0 Å². The molecule has 170 valence electrons. The standard InChI is InChI=1S/C25H27FN6O/c1-17-15-31(16-27-17)22-11-9-19(28-25(22)33-2)10-12-23-29-24-21(8-5-13-32(24)30-23)20-7-4-3-6-18(20)14-26/h3-4,6-7,9,11,15-16,21H,5,8,10,12-14H2,1-2H3/t21-/m1/s1. The molecule has 33 heavy (non-hydrogen) atoms. The van der Waals surface area contributed by atoms with Crippen molar-refractivity contribution in [2.24, 2.45) is 0 Å². The lowest BCUT2D eigenvalue weighted by Gasteiger charge is -2.23. The Kier molecular flexibility index (Phi) is 5.90. The van der Waals surface area contributed by atoms with Crippen molar-refractivity contribution in [1.29, 1.82) is 0 Å². The Hall–Kier alpha value is -3.55. The highest BCUT2D eigenvalue weighted by atomic mass is 19.1. The molecule has 4 heterocycles. The topological polar surface area (TPSA) is 70.7 Å². The van der Waals surface area contributed by atoms with Gasteiger partial charge in [-0.3, -0.25) is 0 Å². The predicted molar refractivity (Wildman–Crippen MR) is 122 cm³/mol. The van der Waals surface area contributed by atoms with Crippen molar-refractivity contribution in [2.45, 2.75) is 51.7 Å². The lowest BCUT2D eigenvalue weighted by molar-refractivity contribution is 0.394. The second-order valence-corrected chi connectivity index (χ2v) is 8.39. The Bertz CT molecular complexity index is 1260. The summed E-state index contributed by atoms with van der Waals surface area (Å²) in [4.78, 5) is 13.8. The third kappa shape index (κ3) is 4.25. The molecule has 0 bridgehead atoms. The minimum absolute atomic E-state index is 0.0862. The molecule has 0 fully saturated rings. The first kappa shape index (κ1) is 21.3. The number of nitrogens with zero attached hydrogens (tertiary/aromatic N) is 6. The van der Waals surface area contributed by atoms with Crippen LogP contribution in [0.25, 0.3) is 5.69 Å². The maximum atomic E-state index is 13.6. The predicted octanol–water partition coefficient (Wildman–Crippen LogP) is 4.36. The third-order valence-corrected chi connectivity index (χ3v) is 6.18. The molecule has 0 spiro atoms. The second kappa shape index (κ2) is 9.13. The van der Waals surface area contributed by atoms with E-state index in [1.807, 2.05) is 58.8 Å². The summed E-state index contributed by atoms with van der Waals surface area (Å²) >= 11 is 0. The first-order chi connectivity index (χ1) is 16.2. The van der Waals surface area contributed by atoms with Gasteiger partial charge in [-0.1, -0.05) is 24.3 Å². The monoisotopic (exact) mass is 446 g/mol. The highest BCUT2D eigenvalue weighted by Gasteiger charge is 2.27. The number of rotatable bonds is 7. The highest BCUT2D eigenvalue weighted by Crippen LogP contribution is 2.34. The Balaban J connectivity index is 1.35. The zero-order valence-corrected chi connectivity index (χ0v) is 18.9. The van der Waals surface area contributed by atoms with Gasteiger partial charge in [0.25, 0.3) is 0 Å². The normalized spacial score (nSPS) is 15.4. The van der Waals surface area contributed by atoms with Crippen LogP contribution < -0.4 is 4.74 Å². The first-order valence-corrected chi connectivity index (χ1v) is 11.3.